The van der Waals surface area contributed by atoms with Gasteiger partial charge in [0.2, 0.25) is 21.8 Å². The Balaban J connectivity index is 1.89. The summed E-state index contributed by atoms with van der Waals surface area (Å²) in [7, 11) is -1.99. The van der Waals surface area contributed by atoms with Gasteiger partial charge in [0.05, 0.1) is 19.1 Å². The van der Waals surface area contributed by atoms with Gasteiger partial charge in [-0.1, -0.05) is 48.5 Å². The molecule has 1 N–H and O–H groups in total. The molecular weight excluding hydrogens is 538 g/mol. The van der Waals surface area contributed by atoms with E-state index in [-0.39, 0.29) is 31.3 Å². The SMILES string of the molecule is CCNC(=O)[C@@H](Cc1ccccc1)N(Cc1cccc(OC)c1)C(=O)CCCN(c1cc(C)cc(C)c1)S(C)(=O)=O. The second-order valence-corrected chi connectivity index (χ2v) is 12.2. The van der Waals surface area contributed by atoms with E-state index >= 15 is 0 Å². The molecule has 41 heavy (non-hydrogen) atoms. The third-order valence-electron chi connectivity index (χ3n) is 6.76. The van der Waals surface area contributed by atoms with Gasteiger partial charge in [0.1, 0.15) is 11.8 Å². The molecule has 0 bridgehead atoms. The smallest absolute Gasteiger partial charge is 0.243 e. The number of anilines is 1. The van der Waals surface area contributed by atoms with Crippen LogP contribution in [-0.4, -0.2) is 57.6 Å². The first-order chi connectivity index (χ1) is 19.5. The highest BCUT2D eigenvalue weighted by molar-refractivity contribution is 7.92. The van der Waals surface area contributed by atoms with Crippen LogP contribution in [0, 0.1) is 13.8 Å². The monoisotopic (exact) mass is 579 g/mol. The van der Waals surface area contributed by atoms with Crippen molar-refractivity contribution in [2.75, 3.05) is 30.8 Å². The van der Waals surface area contributed by atoms with Gasteiger partial charge in [0, 0.05) is 32.5 Å². The molecule has 3 rings (SSSR count). The number of sulfonamides is 1. The fourth-order valence-corrected chi connectivity index (χ4v) is 5.86. The summed E-state index contributed by atoms with van der Waals surface area (Å²) in [6.45, 7) is 6.47. The number of nitrogens with zero attached hydrogens (tertiary/aromatic N) is 2. The van der Waals surface area contributed by atoms with E-state index in [1.54, 1.807) is 12.0 Å². The average molecular weight is 580 g/mol. The predicted octanol–water partition coefficient (Wildman–Crippen LogP) is 4.63. The van der Waals surface area contributed by atoms with Crippen molar-refractivity contribution >= 4 is 27.5 Å². The van der Waals surface area contributed by atoms with Gasteiger partial charge in [0.25, 0.3) is 0 Å². The normalized spacial score (nSPS) is 11.9. The van der Waals surface area contributed by atoms with Crippen molar-refractivity contribution in [3.8, 4) is 5.75 Å². The Morgan fingerprint density at radius 2 is 1.59 bits per heavy atom. The Hall–Kier alpha value is -3.85. The van der Waals surface area contributed by atoms with Crippen molar-refractivity contribution in [3.05, 3.63) is 95.1 Å². The lowest BCUT2D eigenvalue weighted by Crippen LogP contribution is -2.50. The topological polar surface area (TPSA) is 96.0 Å². The molecule has 0 aromatic heterocycles. The predicted molar refractivity (Wildman–Crippen MR) is 164 cm³/mol. The Labute approximate surface area is 244 Å². The summed E-state index contributed by atoms with van der Waals surface area (Å²) >= 11 is 0. The summed E-state index contributed by atoms with van der Waals surface area (Å²) in [6.07, 6.45) is 1.89. The zero-order chi connectivity index (χ0) is 30.0. The molecule has 3 aromatic carbocycles. The number of hydrogen-bond donors (Lipinski definition) is 1. The average Bonchev–Trinajstić information content (AvgIpc) is 2.92. The Morgan fingerprint density at radius 3 is 2.20 bits per heavy atom. The van der Waals surface area contributed by atoms with E-state index in [1.165, 1.54) is 10.6 Å². The van der Waals surface area contributed by atoms with Crippen molar-refractivity contribution in [2.45, 2.75) is 52.6 Å². The number of methoxy groups -OCH3 is 1. The molecular formula is C32H41N3O5S. The second-order valence-electron chi connectivity index (χ2n) is 10.3. The minimum atomic E-state index is -3.57. The summed E-state index contributed by atoms with van der Waals surface area (Å²) in [5.41, 5.74) is 4.26. The number of likely N-dealkylation sites (N-methyl/N-ethyl adjacent to an activating group) is 1. The second kappa shape index (κ2) is 14.7. The molecule has 3 aromatic rings. The van der Waals surface area contributed by atoms with Gasteiger partial charge >= 0.3 is 0 Å². The number of ether oxygens (including phenoxy) is 1. The van der Waals surface area contributed by atoms with Crippen molar-refractivity contribution < 1.29 is 22.7 Å². The molecule has 9 heteroatoms. The number of nitrogens with one attached hydrogen (secondary N) is 1. The third-order valence-corrected chi connectivity index (χ3v) is 7.95. The number of benzene rings is 3. The molecule has 0 saturated heterocycles. The summed E-state index contributed by atoms with van der Waals surface area (Å²) in [5, 5.41) is 2.89. The van der Waals surface area contributed by atoms with E-state index in [4.69, 9.17) is 4.74 Å². The summed E-state index contributed by atoms with van der Waals surface area (Å²) in [4.78, 5) is 28.8. The van der Waals surface area contributed by atoms with Crippen LogP contribution in [0.15, 0.2) is 72.8 Å². The zero-order valence-corrected chi connectivity index (χ0v) is 25.4. The van der Waals surface area contributed by atoms with Crippen molar-refractivity contribution in [1.82, 2.24) is 10.2 Å². The van der Waals surface area contributed by atoms with Crippen LogP contribution in [0.1, 0.15) is 42.0 Å². The van der Waals surface area contributed by atoms with Gasteiger partial charge in [-0.2, -0.15) is 0 Å². The van der Waals surface area contributed by atoms with Gasteiger partial charge in [-0.3, -0.25) is 13.9 Å². The molecule has 0 fully saturated rings. The van der Waals surface area contributed by atoms with Crippen LogP contribution in [0.3, 0.4) is 0 Å². The molecule has 1 atom stereocenters. The quantitative estimate of drug-likeness (QED) is 0.300. The maximum atomic E-state index is 13.9. The van der Waals surface area contributed by atoms with E-state index in [0.717, 1.165) is 22.3 Å². The Morgan fingerprint density at radius 1 is 0.927 bits per heavy atom. The van der Waals surface area contributed by atoms with Crippen molar-refractivity contribution in [3.63, 3.8) is 0 Å². The molecule has 0 radical (unpaired) electrons. The fraction of sp³-hybridized carbons (Fsp3) is 0.375. The summed E-state index contributed by atoms with van der Waals surface area (Å²) in [5.74, 6) is 0.194. The fourth-order valence-electron chi connectivity index (χ4n) is 4.91. The van der Waals surface area contributed by atoms with Gasteiger partial charge in [-0.05, 0) is 73.7 Å². The minimum Gasteiger partial charge on any atom is -0.497 e. The van der Waals surface area contributed by atoms with E-state index in [9.17, 15) is 18.0 Å². The summed E-state index contributed by atoms with van der Waals surface area (Å²) < 4.78 is 32.1. The highest BCUT2D eigenvalue weighted by Crippen LogP contribution is 2.23. The molecule has 0 aliphatic heterocycles. The maximum absolute atomic E-state index is 13.9. The first-order valence-electron chi connectivity index (χ1n) is 13.8. The first kappa shape index (κ1) is 31.7. The van der Waals surface area contributed by atoms with Gasteiger partial charge in [0.15, 0.2) is 0 Å². The lowest BCUT2D eigenvalue weighted by atomic mass is 10.0. The Kier molecular flexibility index (Phi) is 11.3. The van der Waals surface area contributed by atoms with E-state index in [0.29, 0.717) is 30.8 Å². The molecule has 2 amide bonds. The van der Waals surface area contributed by atoms with Crippen LogP contribution in [-0.2, 0) is 32.6 Å². The van der Waals surface area contributed by atoms with Gasteiger partial charge in [-0.25, -0.2) is 8.42 Å². The molecule has 0 spiro atoms. The third kappa shape index (κ3) is 9.35. The minimum absolute atomic E-state index is 0.0749. The van der Waals surface area contributed by atoms with Crippen LogP contribution >= 0.6 is 0 Å². The van der Waals surface area contributed by atoms with Gasteiger partial charge in [-0.15, -0.1) is 0 Å². The molecule has 0 aliphatic rings. The number of aryl methyl sites for hydroxylation is 2. The van der Waals surface area contributed by atoms with E-state index < -0.39 is 16.1 Å². The zero-order valence-electron chi connectivity index (χ0n) is 24.6. The van der Waals surface area contributed by atoms with Crippen molar-refractivity contribution in [2.24, 2.45) is 0 Å². The molecule has 220 valence electrons. The highest BCUT2D eigenvalue weighted by atomic mass is 32.2. The number of carbonyl (C=O) groups excluding carboxylic acids is 2. The lowest BCUT2D eigenvalue weighted by Gasteiger charge is -2.32. The van der Waals surface area contributed by atoms with Gasteiger partial charge < -0.3 is 15.0 Å². The Bertz CT molecular complexity index is 1410. The largest absolute Gasteiger partial charge is 0.497 e. The van der Waals surface area contributed by atoms with E-state index in [2.05, 4.69) is 5.32 Å². The summed E-state index contributed by atoms with van der Waals surface area (Å²) in [6, 6.07) is 21.9. The van der Waals surface area contributed by atoms with Crippen LogP contribution in [0.25, 0.3) is 0 Å². The number of amides is 2. The molecule has 0 heterocycles. The first-order valence-corrected chi connectivity index (χ1v) is 15.7. The van der Waals surface area contributed by atoms with Crippen molar-refractivity contribution in [1.29, 1.82) is 0 Å². The maximum Gasteiger partial charge on any atom is 0.243 e. The molecule has 8 nitrogen and oxygen atoms in total. The molecule has 0 unspecified atom stereocenters. The number of rotatable bonds is 14. The van der Waals surface area contributed by atoms with Crippen LogP contribution in [0.4, 0.5) is 5.69 Å². The molecule has 0 aliphatic carbocycles. The number of carbonyl (C=O) groups is 2. The van der Waals surface area contributed by atoms with Crippen LogP contribution in [0.2, 0.25) is 0 Å². The van der Waals surface area contributed by atoms with Crippen LogP contribution in [0.5, 0.6) is 5.75 Å². The standard InChI is InChI=1S/C32H41N3O5S/c1-6-33-32(37)30(22-26-12-8-7-9-13-26)34(23-27-14-10-15-29(21-27)40-4)31(36)16-11-17-35(41(5,38)39)28-19-24(2)18-25(3)20-28/h7-10,12-15,18-21,30H,6,11,16-17,22-23H2,1-5H3,(H,33,37)/t30-/m1/s1. The van der Waals surface area contributed by atoms with E-state index in [1.807, 2.05) is 93.6 Å². The van der Waals surface area contributed by atoms with Crippen LogP contribution < -0.4 is 14.4 Å². The molecule has 0 saturated carbocycles. The number of hydrogen-bond acceptors (Lipinski definition) is 5. The lowest BCUT2D eigenvalue weighted by molar-refractivity contribution is -0.141. The highest BCUT2D eigenvalue weighted by Gasteiger charge is 2.30.